The Morgan fingerprint density at radius 3 is 2.88 bits per heavy atom. The number of halogens is 1. The monoisotopic (exact) mass is 369 g/mol. The third-order valence-corrected chi connectivity index (χ3v) is 5.10. The molecule has 0 atom stereocenters. The van der Waals surface area contributed by atoms with Gasteiger partial charge in [0.05, 0.1) is 12.7 Å². The van der Waals surface area contributed by atoms with Crippen molar-refractivity contribution in [3.05, 3.63) is 34.3 Å². The molecule has 0 bridgehead atoms. The molecule has 0 aromatic carbocycles. The van der Waals surface area contributed by atoms with Gasteiger partial charge < -0.3 is 10.2 Å². The van der Waals surface area contributed by atoms with Crippen molar-refractivity contribution in [2.24, 2.45) is 5.92 Å². The number of likely N-dealkylation sites (tertiary alicyclic amines) is 1. The van der Waals surface area contributed by atoms with E-state index in [4.69, 9.17) is 0 Å². The highest BCUT2D eigenvalue weighted by Crippen LogP contribution is 2.18. The number of carbonyl (C=O) groups is 1. The maximum atomic E-state index is 12.5. The summed E-state index contributed by atoms with van der Waals surface area (Å²) in [6.07, 6.45) is 3.87. The van der Waals surface area contributed by atoms with Gasteiger partial charge in [0.1, 0.15) is 0 Å². The molecule has 1 fully saturated rings. The van der Waals surface area contributed by atoms with Gasteiger partial charge in [-0.1, -0.05) is 18.2 Å². The summed E-state index contributed by atoms with van der Waals surface area (Å²) in [5.74, 6) is 0.679. The predicted octanol–water partition coefficient (Wildman–Crippen LogP) is 2.27. The highest BCUT2D eigenvalue weighted by molar-refractivity contribution is 7.09. The number of carbonyl (C=O) groups excluding carboxylic acids is 1. The first-order chi connectivity index (χ1) is 11.3. The fraction of sp³-hybridized carbons (Fsp3) is 0.562. The first-order valence-electron chi connectivity index (χ1n) is 8.18. The highest BCUT2D eigenvalue weighted by Gasteiger charge is 2.25. The molecule has 2 aromatic rings. The van der Waals surface area contributed by atoms with Crippen LogP contribution in [0.1, 0.15) is 35.1 Å². The molecule has 0 aliphatic carbocycles. The van der Waals surface area contributed by atoms with Gasteiger partial charge in [0.2, 0.25) is 0 Å². The van der Waals surface area contributed by atoms with Gasteiger partial charge in [-0.2, -0.15) is 0 Å². The zero-order chi connectivity index (χ0) is 16.1. The minimum atomic E-state index is 0. The Hall–Kier alpha value is -1.44. The molecule has 1 N–H and O–H groups in total. The van der Waals surface area contributed by atoms with E-state index in [2.05, 4.69) is 28.6 Å². The lowest BCUT2D eigenvalue weighted by Gasteiger charge is -2.31. The fourth-order valence-electron chi connectivity index (χ4n) is 2.89. The molecule has 1 aliphatic rings. The van der Waals surface area contributed by atoms with Gasteiger partial charge in [-0.3, -0.25) is 4.79 Å². The Balaban J connectivity index is 0.00000208. The van der Waals surface area contributed by atoms with Crippen molar-refractivity contribution in [1.29, 1.82) is 0 Å². The minimum absolute atomic E-state index is 0. The summed E-state index contributed by atoms with van der Waals surface area (Å²) >= 11 is 1.68. The molecule has 6 nitrogen and oxygen atoms in total. The van der Waals surface area contributed by atoms with Crippen LogP contribution in [0.3, 0.4) is 0 Å². The summed E-state index contributed by atoms with van der Waals surface area (Å²) in [5, 5.41) is 13.6. The number of hydrogen-bond donors (Lipinski definition) is 1. The Morgan fingerprint density at radius 2 is 2.21 bits per heavy atom. The van der Waals surface area contributed by atoms with E-state index in [-0.39, 0.29) is 18.3 Å². The van der Waals surface area contributed by atoms with Crippen LogP contribution >= 0.6 is 23.7 Å². The van der Waals surface area contributed by atoms with E-state index >= 15 is 0 Å². The lowest BCUT2D eigenvalue weighted by molar-refractivity contribution is 0.0684. The minimum Gasteiger partial charge on any atom is -0.337 e. The standard InChI is InChI=1S/C16H23N5OS.ClH/c1-2-17-10-13-5-7-20(8-6-13)16(22)15-12-21(19-18-15)11-14-4-3-9-23-14;/h3-4,9,12-13,17H,2,5-8,10-11H2,1H3;1H. The van der Waals surface area contributed by atoms with Gasteiger partial charge in [0, 0.05) is 18.0 Å². The number of piperidine rings is 1. The third-order valence-electron chi connectivity index (χ3n) is 4.24. The molecule has 132 valence electrons. The molecule has 1 saturated heterocycles. The summed E-state index contributed by atoms with van der Waals surface area (Å²) in [6.45, 7) is 6.47. The largest absolute Gasteiger partial charge is 0.337 e. The van der Waals surface area contributed by atoms with Crippen LogP contribution in [0.15, 0.2) is 23.7 Å². The van der Waals surface area contributed by atoms with Crippen LogP contribution in [0, 0.1) is 5.92 Å². The van der Waals surface area contributed by atoms with Crippen LogP contribution < -0.4 is 5.32 Å². The van der Waals surface area contributed by atoms with Crippen molar-refractivity contribution in [2.45, 2.75) is 26.3 Å². The molecule has 0 spiro atoms. The van der Waals surface area contributed by atoms with Crippen LogP contribution in [-0.2, 0) is 6.54 Å². The first kappa shape index (κ1) is 18.9. The van der Waals surface area contributed by atoms with Crippen molar-refractivity contribution in [1.82, 2.24) is 25.2 Å². The molecular weight excluding hydrogens is 346 g/mol. The second-order valence-electron chi connectivity index (χ2n) is 5.92. The Morgan fingerprint density at radius 1 is 1.42 bits per heavy atom. The SMILES string of the molecule is CCNCC1CCN(C(=O)c2cn(Cc3cccs3)nn2)CC1.Cl. The topological polar surface area (TPSA) is 63.1 Å². The molecule has 24 heavy (non-hydrogen) atoms. The Bertz CT molecular complexity index is 622. The van der Waals surface area contributed by atoms with E-state index < -0.39 is 0 Å². The average molecular weight is 370 g/mol. The summed E-state index contributed by atoms with van der Waals surface area (Å²) in [7, 11) is 0. The van der Waals surface area contributed by atoms with Crippen LogP contribution in [0.5, 0.6) is 0 Å². The Labute approximate surface area is 152 Å². The van der Waals surface area contributed by atoms with Gasteiger partial charge in [-0.25, -0.2) is 4.68 Å². The molecule has 1 amide bonds. The molecule has 0 unspecified atom stereocenters. The number of nitrogens with one attached hydrogen (secondary N) is 1. The molecular formula is C16H24ClN5OS. The van der Waals surface area contributed by atoms with Gasteiger partial charge >= 0.3 is 0 Å². The number of amides is 1. The van der Waals surface area contributed by atoms with Crippen LogP contribution in [-0.4, -0.2) is 52.0 Å². The molecule has 8 heteroatoms. The van der Waals surface area contributed by atoms with E-state index in [1.165, 1.54) is 4.88 Å². The van der Waals surface area contributed by atoms with E-state index in [1.807, 2.05) is 16.3 Å². The van der Waals surface area contributed by atoms with Crippen LogP contribution in [0.25, 0.3) is 0 Å². The maximum absolute atomic E-state index is 12.5. The van der Waals surface area contributed by atoms with Gasteiger partial charge in [0.25, 0.3) is 5.91 Å². The normalized spacial score (nSPS) is 15.3. The first-order valence-corrected chi connectivity index (χ1v) is 9.06. The van der Waals surface area contributed by atoms with Gasteiger partial charge in [-0.15, -0.1) is 28.8 Å². The van der Waals surface area contributed by atoms with Crippen molar-refractivity contribution < 1.29 is 4.79 Å². The Kier molecular flexibility index (Phi) is 7.20. The fourth-order valence-corrected chi connectivity index (χ4v) is 3.58. The second kappa shape index (κ2) is 9.15. The van der Waals surface area contributed by atoms with E-state index in [0.717, 1.165) is 39.0 Å². The number of rotatable bonds is 6. The van der Waals surface area contributed by atoms with E-state index in [9.17, 15) is 4.79 Å². The van der Waals surface area contributed by atoms with E-state index in [1.54, 1.807) is 22.2 Å². The molecule has 3 heterocycles. The highest BCUT2D eigenvalue weighted by atomic mass is 35.5. The molecule has 0 saturated carbocycles. The van der Waals surface area contributed by atoms with Crippen molar-refractivity contribution in [2.75, 3.05) is 26.2 Å². The lowest BCUT2D eigenvalue weighted by atomic mass is 9.96. The molecule has 1 aliphatic heterocycles. The second-order valence-corrected chi connectivity index (χ2v) is 6.96. The average Bonchev–Trinajstić information content (AvgIpc) is 3.25. The van der Waals surface area contributed by atoms with Crippen molar-refractivity contribution in [3.8, 4) is 0 Å². The number of nitrogens with zero attached hydrogens (tertiary/aromatic N) is 4. The van der Waals surface area contributed by atoms with Gasteiger partial charge in [-0.05, 0) is 43.3 Å². The molecule has 2 aromatic heterocycles. The predicted molar refractivity (Wildman–Crippen MR) is 97.9 cm³/mol. The summed E-state index contributed by atoms with van der Waals surface area (Å²) in [6, 6.07) is 4.07. The molecule has 0 radical (unpaired) electrons. The smallest absolute Gasteiger partial charge is 0.276 e. The zero-order valence-electron chi connectivity index (χ0n) is 13.9. The summed E-state index contributed by atoms with van der Waals surface area (Å²) in [5.41, 5.74) is 0.451. The zero-order valence-corrected chi connectivity index (χ0v) is 15.5. The number of thiophene rings is 1. The van der Waals surface area contributed by atoms with Crippen molar-refractivity contribution in [3.63, 3.8) is 0 Å². The molecule has 3 rings (SSSR count). The van der Waals surface area contributed by atoms with Gasteiger partial charge in [0.15, 0.2) is 5.69 Å². The number of hydrogen-bond acceptors (Lipinski definition) is 5. The van der Waals surface area contributed by atoms with Crippen LogP contribution in [0.4, 0.5) is 0 Å². The summed E-state index contributed by atoms with van der Waals surface area (Å²) in [4.78, 5) is 15.6. The lowest BCUT2D eigenvalue weighted by Crippen LogP contribution is -2.40. The van der Waals surface area contributed by atoms with E-state index in [0.29, 0.717) is 18.2 Å². The van der Waals surface area contributed by atoms with Crippen LogP contribution in [0.2, 0.25) is 0 Å². The summed E-state index contributed by atoms with van der Waals surface area (Å²) < 4.78 is 1.73. The number of aromatic nitrogens is 3. The van der Waals surface area contributed by atoms with Crippen molar-refractivity contribution >= 4 is 29.7 Å². The maximum Gasteiger partial charge on any atom is 0.276 e. The quantitative estimate of drug-likeness (QED) is 0.848. The third kappa shape index (κ3) is 4.78.